The lowest BCUT2D eigenvalue weighted by molar-refractivity contribution is -0.124. The molecule has 2 heterocycles. The molecule has 26 heavy (non-hydrogen) atoms. The SMILES string of the molecule is CCC1CC1C(=O)NC1CCCC12CCN(c1nnc(C3CC3)o1)CC2. The molecule has 6 heteroatoms. The van der Waals surface area contributed by atoms with Crippen molar-refractivity contribution in [2.24, 2.45) is 17.3 Å². The van der Waals surface area contributed by atoms with Crippen LogP contribution in [0.25, 0.3) is 0 Å². The molecule has 5 rings (SSSR count). The number of piperidine rings is 1. The summed E-state index contributed by atoms with van der Waals surface area (Å²) in [5, 5.41) is 11.9. The number of anilines is 1. The van der Waals surface area contributed by atoms with Crippen LogP contribution in [0.4, 0.5) is 6.01 Å². The predicted molar refractivity (Wildman–Crippen MR) is 97.8 cm³/mol. The van der Waals surface area contributed by atoms with Crippen molar-refractivity contribution < 1.29 is 9.21 Å². The molecular weight excluding hydrogens is 328 g/mol. The first-order chi connectivity index (χ1) is 12.7. The van der Waals surface area contributed by atoms with Gasteiger partial charge in [-0.05, 0) is 56.3 Å². The molecule has 4 fully saturated rings. The summed E-state index contributed by atoms with van der Waals surface area (Å²) < 4.78 is 5.89. The predicted octanol–water partition coefficient (Wildman–Crippen LogP) is 3.25. The molecule has 3 aliphatic carbocycles. The second-order valence-electron chi connectivity index (χ2n) is 9.01. The molecule has 1 N–H and O–H groups in total. The van der Waals surface area contributed by atoms with E-state index in [1.165, 1.54) is 25.7 Å². The Bertz CT molecular complexity index is 675. The zero-order valence-electron chi connectivity index (χ0n) is 15.7. The number of hydrogen-bond donors (Lipinski definition) is 1. The van der Waals surface area contributed by atoms with Crippen LogP contribution in [0.3, 0.4) is 0 Å². The van der Waals surface area contributed by atoms with Gasteiger partial charge in [0.25, 0.3) is 0 Å². The van der Waals surface area contributed by atoms with Gasteiger partial charge in [0.05, 0.1) is 0 Å². The largest absolute Gasteiger partial charge is 0.408 e. The van der Waals surface area contributed by atoms with Gasteiger partial charge in [-0.1, -0.05) is 24.9 Å². The summed E-state index contributed by atoms with van der Waals surface area (Å²) in [7, 11) is 0. The lowest BCUT2D eigenvalue weighted by Crippen LogP contribution is -2.50. The lowest BCUT2D eigenvalue weighted by Gasteiger charge is -2.42. The summed E-state index contributed by atoms with van der Waals surface area (Å²) in [4.78, 5) is 14.8. The fourth-order valence-electron chi connectivity index (χ4n) is 5.25. The van der Waals surface area contributed by atoms with E-state index in [-0.39, 0.29) is 11.3 Å². The van der Waals surface area contributed by atoms with Crippen LogP contribution in [-0.2, 0) is 4.79 Å². The van der Waals surface area contributed by atoms with E-state index >= 15 is 0 Å². The fourth-order valence-corrected chi connectivity index (χ4v) is 5.25. The third kappa shape index (κ3) is 2.91. The van der Waals surface area contributed by atoms with Crippen molar-refractivity contribution in [3.05, 3.63) is 5.89 Å². The first-order valence-corrected chi connectivity index (χ1v) is 10.6. The molecule has 0 bridgehead atoms. The zero-order chi connectivity index (χ0) is 17.7. The second kappa shape index (κ2) is 6.24. The molecule has 4 aliphatic rings. The van der Waals surface area contributed by atoms with E-state index < -0.39 is 0 Å². The Morgan fingerprint density at radius 1 is 1.23 bits per heavy atom. The maximum absolute atomic E-state index is 12.6. The minimum absolute atomic E-state index is 0.280. The lowest BCUT2D eigenvalue weighted by atomic mass is 9.74. The van der Waals surface area contributed by atoms with E-state index in [0.717, 1.165) is 51.1 Å². The molecule has 3 unspecified atom stereocenters. The molecule has 0 aromatic carbocycles. The summed E-state index contributed by atoms with van der Waals surface area (Å²) in [6.45, 7) is 4.11. The minimum Gasteiger partial charge on any atom is -0.408 e. The van der Waals surface area contributed by atoms with Crippen LogP contribution in [0.15, 0.2) is 4.42 Å². The van der Waals surface area contributed by atoms with Crippen molar-refractivity contribution in [2.75, 3.05) is 18.0 Å². The smallest absolute Gasteiger partial charge is 0.318 e. The molecule has 1 amide bonds. The van der Waals surface area contributed by atoms with E-state index in [4.69, 9.17) is 4.42 Å². The molecule has 1 aromatic rings. The van der Waals surface area contributed by atoms with Gasteiger partial charge in [-0.3, -0.25) is 4.79 Å². The molecule has 142 valence electrons. The Morgan fingerprint density at radius 3 is 2.73 bits per heavy atom. The van der Waals surface area contributed by atoms with Gasteiger partial charge in [-0.2, -0.15) is 0 Å². The Balaban J connectivity index is 1.20. The van der Waals surface area contributed by atoms with Crippen molar-refractivity contribution in [1.82, 2.24) is 15.5 Å². The van der Waals surface area contributed by atoms with Crippen molar-refractivity contribution in [3.63, 3.8) is 0 Å². The van der Waals surface area contributed by atoms with Gasteiger partial charge >= 0.3 is 6.01 Å². The topological polar surface area (TPSA) is 71.3 Å². The highest BCUT2D eigenvalue weighted by atomic mass is 16.4. The van der Waals surface area contributed by atoms with E-state index in [2.05, 4.69) is 27.3 Å². The number of nitrogens with one attached hydrogen (secondary N) is 1. The third-order valence-electron chi connectivity index (χ3n) is 7.39. The number of amides is 1. The van der Waals surface area contributed by atoms with Gasteiger partial charge in [-0.15, -0.1) is 5.10 Å². The van der Waals surface area contributed by atoms with Crippen LogP contribution >= 0.6 is 0 Å². The highest BCUT2D eigenvalue weighted by Gasteiger charge is 2.48. The van der Waals surface area contributed by atoms with Crippen molar-refractivity contribution >= 4 is 11.9 Å². The number of carbonyl (C=O) groups is 1. The fraction of sp³-hybridized carbons (Fsp3) is 0.850. The van der Waals surface area contributed by atoms with Gasteiger partial charge in [0.15, 0.2) is 0 Å². The average Bonchev–Trinajstić information content (AvgIpc) is 3.58. The van der Waals surface area contributed by atoms with Gasteiger partial charge in [0.2, 0.25) is 11.8 Å². The third-order valence-corrected chi connectivity index (χ3v) is 7.39. The molecular formula is C20H30N4O2. The molecule has 1 saturated heterocycles. The van der Waals surface area contributed by atoms with Gasteiger partial charge in [0, 0.05) is 31.0 Å². The molecule has 1 aromatic heterocycles. The van der Waals surface area contributed by atoms with Crippen molar-refractivity contribution in [3.8, 4) is 0 Å². The van der Waals surface area contributed by atoms with Crippen LogP contribution in [-0.4, -0.2) is 35.2 Å². The first kappa shape index (κ1) is 16.6. The number of nitrogens with zero attached hydrogens (tertiary/aromatic N) is 3. The summed E-state index contributed by atoms with van der Waals surface area (Å²) >= 11 is 0. The van der Waals surface area contributed by atoms with E-state index in [1.54, 1.807) is 0 Å². The van der Waals surface area contributed by atoms with Crippen LogP contribution in [0, 0.1) is 17.3 Å². The molecule has 3 atom stereocenters. The monoisotopic (exact) mass is 358 g/mol. The Kier molecular flexibility index (Phi) is 3.98. The second-order valence-corrected chi connectivity index (χ2v) is 9.01. The molecule has 0 radical (unpaired) electrons. The minimum atomic E-state index is 0.280. The molecule has 6 nitrogen and oxygen atoms in total. The summed E-state index contributed by atoms with van der Waals surface area (Å²) in [5.74, 6) is 2.57. The van der Waals surface area contributed by atoms with Crippen molar-refractivity contribution in [1.29, 1.82) is 0 Å². The van der Waals surface area contributed by atoms with Gasteiger partial charge in [-0.25, -0.2) is 0 Å². The van der Waals surface area contributed by atoms with E-state index in [9.17, 15) is 4.79 Å². The number of aromatic nitrogens is 2. The highest BCUT2D eigenvalue weighted by molar-refractivity contribution is 5.81. The van der Waals surface area contributed by atoms with Crippen LogP contribution < -0.4 is 10.2 Å². The van der Waals surface area contributed by atoms with Gasteiger partial charge < -0.3 is 14.6 Å². The molecule has 3 saturated carbocycles. The highest BCUT2D eigenvalue weighted by Crippen LogP contribution is 2.48. The van der Waals surface area contributed by atoms with Crippen molar-refractivity contribution in [2.45, 2.75) is 76.7 Å². The Morgan fingerprint density at radius 2 is 2.04 bits per heavy atom. The number of rotatable bonds is 5. The number of hydrogen-bond acceptors (Lipinski definition) is 5. The number of carbonyl (C=O) groups excluding carboxylic acids is 1. The van der Waals surface area contributed by atoms with E-state index in [0.29, 0.717) is 29.8 Å². The van der Waals surface area contributed by atoms with Crippen LogP contribution in [0.2, 0.25) is 0 Å². The van der Waals surface area contributed by atoms with Crippen LogP contribution in [0.1, 0.15) is 76.5 Å². The molecule has 1 aliphatic heterocycles. The van der Waals surface area contributed by atoms with Gasteiger partial charge in [0.1, 0.15) is 0 Å². The normalized spacial score (nSPS) is 32.8. The Labute approximate surface area is 155 Å². The standard InChI is InChI=1S/C20H30N4O2/c1-2-13-12-15(13)17(25)21-16-4-3-7-20(16)8-10-24(11-9-20)19-23-22-18(26-19)14-5-6-14/h13-16H,2-12H2,1H3,(H,21,25). The zero-order valence-corrected chi connectivity index (χ0v) is 15.7. The quantitative estimate of drug-likeness (QED) is 0.875. The Hall–Kier alpha value is -1.59. The summed E-state index contributed by atoms with van der Waals surface area (Å²) in [6, 6.07) is 1.06. The molecule has 1 spiro atoms. The van der Waals surface area contributed by atoms with Crippen LogP contribution in [0.5, 0.6) is 0 Å². The summed E-state index contributed by atoms with van der Waals surface area (Å²) in [5.41, 5.74) is 0.280. The summed E-state index contributed by atoms with van der Waals surface area (Å²) in [6.07, 6.45) is 10.4. The maximum Gasteiger partial charge on any atom is 0.318 e. The maximum atomic E-state index is 12.6. The van der Waals surface area contributed by atoms with E-state index in [1.807, 2.05) is 0 Å². The first-order valence-electron chi connectivity index (χ1n) is 10.6. The average molecular weight is 358 g/mol.